The number of alkyl halides is 3. The van der Waals surface area contributed by atoms with Crippen molar-refractivity contribution in [1.82, 2.24) is 15.0 Å². The minimum Gasteiger partial charge on any atom is -0.497 e. The van der Waals surface area contributed by atoms with Crippen LogP contribution in [-0.2, 0) is 12.6 Å². The Bertz CT molecular complexity index is 1010. The molecule has 3 aromatic rings. The summed E-state index contributed by atoms with van der Waals surface area (Å²) >= 11 is 0. The van der Waals surface area contributed by atoms with E-state index < -0.39 is 11.7 Å². The van der Waals surface area contributed by atoms with Crippen molar-refractivity contribution in [2.24, 2.45) is 0 Å². The molecule has 0 aliphatic rings. The molecule has 0 unspecified atom stereocenters. The smallest absolute Gasteiger partial charge is 0.416 e. The average Bonchev–Trinajstić information content (AvgIpc) is 3.22. The van der Waals surface area contributed by atoms with Crippen LogP contribution in [0.25, 0.3) is 11.4 Å². The highest BCUT2D eigenvalue weighted by atomic mass is 19.4. The average molecular weight is 433 g/mol. The number of ether oxygens (including phenoxy) is 1. The summed E-state index contributed by atoms with van der Waals surface area (Å²) in [6.45, 7) is 3.94. The molecular weight excluding hydrogens is 411 g/mol. The first-order valence-corrected chi connectivity index (χ1v) is 9.64. The lowest BCUT2D eigenvalue weighted by molar-refractivity contribution is -0.137. The van der Waals surface area contributed by atoms with Gasteiger partial charge in [0.1, 0.15) is 5.75 Å². The molecule has 0 saturated heterocycles. The highest BCUT2D eigenvalue weighted by molar-refractivity contribution is 5.94. The van der Waals surface area contributed by atoms with Gasteiger partial charge in [0.2, 0.25) is 11.7 Å². The molecule has 31 heavy (non-hydrogen) atoms. The van der Waals surface area contributed by atoms with E-state index in [1.165, 1.54) is 12.1 Å². The Kier molecular flexibility index (Phi) is 6.62. The van der Waals surface area contributed by atoms with E-state index in [4.69, 9.17) is 9.26 Å². The summed E-state index contributed by atoms with van der Waals surface area (Å²) in [4.78, 5) is 18.7. The van der Waals surface area contributed by atoms with Crippen molar-refractivity contribution in [1.29, 1.82) is 0 Å². The van der Waals surface area contributed by atoms with E-state index in [1.807, 2.05) is 26.0 Å². The van der Waals surface area contributed by atoms with Crippen molar-refractivity contribution in [3.63, 3.8) is 0 Å². The van der Waals surface area contributed by atoms with Gasteiger partial charge in [-0.1, -0.05) is 5.16 Å². The number of carbonyl (C=O) groups is 1. The fourth-order valence-corrected chi connectivity index (χ4v) is 2.99. The van der Waals surface area contributed by atoms with E-state index in [2.05, 4.69) is 10.1 Å². The summed E-state index contributed by atoms with van der Waals surface area (Å²) < 4.78 is 48.7. The topological polar surface area (TPSA) is 68.5 Å². The van der Waals surface area contributed by atoms with E-state index in [1.54, 1.807) is 24.1 Å². The summed E-state index contributed by atoms with van der Waals surface area (Å²) in [7, 11) is 1.58. The Balaban J connectivity index is 1.68. The second-order valence-corrected chi connectivity index (χ2v) is 7.16. The third-order valence-corrected chi connectivity index (χ3v) is 4.73. The van der Waals surface area contributed by atoms with Gasteiger partial charge in [-0.25, -0.2) is 0 Å². The molecule has 0 radical (unpaired) electrons. The van der Waals surface area contributed by atoms with Crippen molar-refractivity contribution < 1.29 is 27.2 Å². The first kappa shape index (κ1) is 22.3. The van der Waals surface area contributed by atoms with Crippen molar-refractivity contribution in [3.05, 3.63) is 65.5 Å². The van der Waals surface area contributed by atoms with Gasteiger partial charge in [-0.05, 0) is 62.4 Å². The van der Waals surface area contributed by atoms with Crippen LogP contribution in [0.15, 0.2) is 53.1 Å². The second-order valence-electron chi connectivity index (χ2n) is 7.16. The summed E-state index contributed by atoms with van der Waals surface area (Å²) in [5.41, 5.74) is 0.153. The standard InChI is InChI=1S/C22H22F3N3O3/c1-14(2)28(21(29)16-4-8-17(9-5-16)22(23,24)25)13-12-19-26-20(27-31-19)15-6-10-18(30-3)11-7-15/h4-11,14H,12-13H2,1-3H3. The SMILES string of the molecule is COc1ccc(-c2noc(CCN(C(=O)c3ccc(C(F)(F)F)cc3)C(C)C)n2)cc1. The number of carbonyl (C=O) groups excluding carboxylic acids is 1. The maximum absolute atomic E-state index is 12.8. The molecule has 2 aromatic carbocycles. The Morgan fingerprint density at radius 1 is 1.10 bits per heavy atom. The maximum atomic E-state index is 12.8. The molecule has 3 rings (SSSR count). The van der Waals surface area contributed by atoms with E-state index in [0.717, 1.165) is 17.7 Å². The number of benzene rings is 2. The third-order valence-electron chi connectivity index (χ3n) is 4.73. The van der Waals surface area contributed by atoms with Crippen LogP contribution in [0.5, 0.6) is 5.75 Å². The first-order chi connectivity index (χ1) is 14.7. The number of methoxy groups -OCH3 is 1. The van der Waals surface area contributed by atoms with Gasteiger partial charge in [-0.3, -0.25) is 4.79 Å². The molecule has 9 heteroatoms. The largest absolute Gasteiger partial charge is 0.497 e. The van der Waals surface area contributed by atoms with E-state index >= 15 is 0 Å². The van der Waals surface area contributed by atoms with Crippen LogP contribution in [0.2, 0.25) is 0 Å². The van der Waals surface area contributed by atoms with Crippen LogP contribution in [0.1, 0.15) is 35.7 Å². The van der Waals surface area contributed by atoms with Gasteiger partial charge in [0.25, 0.3) is 5.91 Å². The molecule has 0 aliphatic heterocycles. The molecule has 1 aromatic heterocycles. The van der Waals surface area contributed by atoms with E-state index in [-0.39, 0.29) is 24.1 Å². The normalized spacial score (nSPS) is 11.6. The fraction of sp³-hybridized carbons (Fsp3) is 0.318. The number of aromatic nitrogens is 2. The molecule has 0 bridgehead atoms. The zero-order valence-electron chi connectivity index (χ0n) is 17.3. The highest BCUT2D eigenvalue weighted by Gasteiger charge is 2.30. The molecule has 0 aliphatic carbocycles. The summed E-state index contributed by atoms with van der Waals surface area (Å²) in [6, 6.07) is 11.2. The van der Waals surface area contributed by atoms with Crippen LogP contribution >= 0.6 is 0 Å². The Morgan fingerprint density at radius 2 is 1.74 bits per heavy atom. The van der Waals surface area contributed by atoms with Gasteiger partial charge in [0, 0.05) is 30.1 Å². The second kappa shape index (κ2) is 9.20. The Morgan fingerprint density at radius 3 is 2.29 bits per heavy atom. The van der Waals surface area contributed by atoms with Gasteiger partial charge in [-0.2, -0.15) is 18.2 Å². The van der Waals surface area contributed by atoms with Crippen molar-refractivity contribution in [3.8, 4) is 17.1 Å². The number of amides is 1. The van der Waals surface area contributed by atoms with Gasteiger partial charge < -0.3 is 14.2 Å². The molecular formula is C22H22F3N3O3. The fourth-order valence-electron chi connectivity index (χ4n) is 2.99. The lowest BCUT2D eigenvalue weighted by atomic mass is 10.1. The number of hydrogen-bond donors (Lipinski definition) is 0. The van der Waals surface area contributed by atoms with Gasteiger partial charge in [0.05, 0.1) is 12.7 Å². The minimum absolute atomic E-state index is 0.168. The molecule has 0 atom stereocenters. The third kappa shape index (κ3) is 5.42. The van der Waals surface area contributed by atoms with Crippen LogP contribution in [0.3, 0.4) is 0 Å². The lowest BCUT2D eigenvalue weighted by Gasteiger charge is -2.26. The first-order valence-electron chi connectivity index (χ1n) is 9.64. The predicted molar refractivity (Wildman–Crippen MR) is 108 cm³/mol. The molecule has 0 saturated carbocycles. The molecule has 6 nitrogen and oxygen atoms in total. The lowest BCUT2D eigenvalue weighted by Crippen LogP contribution is -2.38. The number of hydrogen-bond acceptors (Lipinski definition) is 5. The molecule has 0 fully saturated rings. The monoisotopic (exact) mass is 433 g/mol. The quantitative estimate of drug-likeness (QED) is 0.533. The van der Waals surface area contributed by atoms with Gasteiger partial charge >= 0.3 is 6.18 Å². The molecule has 1 heterocycles. The summed E-state index contributed by atoms with van der Waals surface area (Å²) in [5.74, 6) is 1.12. The van der Waals surface area contributed by atoms with E-state index in [9.17, 15) is 18.0 Å². The number of rotatable bonds is 7. The van der Waals surface area contributed by atoms with Crippen molar-refractivity contribution >= 4 is 5.91 Å². The summed E-state index contributed by atoms with van der Waals surface area (Å²) in [6.07, 6.45) is -4.13. The molecule has 164 valence electrons. The van der Waals surface area contributed by atoms with Crippen LogP contribution < -0.4 is 4.74 Å². The molecule has 0 spiro atoms. The van der Waals surface area contributed by atoms with Crippen LogP contribution in [-0.4, -0.2) is 40.6 Å². The van der Waals surface area contributed by atoms with E-state index in [0.29, 0.717) is 23.9 Å². The number of halogens is 3. The van der Waals surface area contributed by atoms with Crippen LogP contribution in [0, 0.1) is 0 Å². The van der Waals surface area contributed by atoms with Gasteiger partial charge in [0.15, 0.2) is 0 Å². The predicted octanol–water partition coefficient (Wildman–Crippen LogP) is 4.86. The minimum atomic E-state index is -4.45. The molecule has 1 amide bonds. The van der Waals surface area contributed by atoms with Crippen molar-refractivity contribution in [2.45, 2.75) is 32.5 Å². The highest BCUT2D eigenvalue weighted by Crippen LogP contribution is 2.29. The Labute approximate surface area is 177 Å². The van der Waals surface area contributed by atoms with Crippen LogP contribution in [0.4, 0.5) is 13.2 Å². The zero-order valence-corrected chi connectivity index (χ0v) is 17.3. The number of nitrogens with zero attached hydrogens (tertiary/aromatic N) is 3. The maximum Gasteiger partial charge on any atom is 0.416 e. The molecule has 0 N–H and O–H groups in total. The Hall–Kier alpha value is -3.36. The zero-order chi connectivity index (χ0) is 22.6. The summed E-state index contributed by atoms with van der Waals surface area (Å²) in [5, 5.41) is 3.96. The van der Waals surface area contributed by atoms with Crippen molar-refractivity contribution in [2.75, 3.05) is 13.7 Å². The van der Waals surface area contributed by atoms with Gasteiger partial charge in [-0.15, -0.1) is 0 Å².